The number of Topliss-reactive ketones (excluding diaryl/α,β-unsaturated/α-hetero) is 1. The van der Waals surface area contributed by atoms with Crippen molar-refractivity contribution in [1.82, 2.24) is 4.57 Å². The van der Waals surface area contributed by atoms with Crippen molar-refractivity contribution >= 4 is 32.6 Å². The molecule has 86 valence electrons. The summed E-state index contributed by atoms with van der Waals surface area (Å²) in [6, 6.07) is 9.66. The van der Waals surface area contributed by atoms with Gasteiger partial charge in [0.1, 0.15) is 6.42 Å². The zero-order valence-corrected chi connectivity index (χ0v) is 11.0. The van der Waals surface area contributed by atoms with Gasteiger partial charge in [0.15, 0.2) is 5.78 Å². The van der Waals surface area contributed by atoms with E-state index in [9.17, 15) is 4.79 Å². The predicted octanol–water partition coefficient (Wildman–Crippen LogP) is 3.52. The zero-order chi connectivity index (χ0) is 12.4. The second-order valence-corrected chi connectivity index (χ2v) is 4.65. The normalized spacial score (nSPS) is 10.4. The fourth-order valence-electron chi connectivity index (χ4n) is 1.98. The van der Waals surface area contributed by atoms with Crippen molar-refractivity contribution in [2.24, 2.45) is 0 Å². The third kappa shape index (κ3) is 2.11. The Balaban J connectivity index is 2.64. The minimum atomic E-state index is -0.123. The van der Waals surface area contributed by atoms with Crippen LogP contribution in [0, 0.1) is 11.3 Å². The van der Waals surface area contributed by atoms with Gasteiger partial charge < -0.3 is 4.57 Å². The molecule has 0 N–H and O–H groups in total. The summed E-state index contributed by atoms with van der Waals surface area (Å²) in [5.41, 5.74) is 1.64. The Hall–Kier alpha value is -1.60. The number of hydrogen-bond acceptors (Lipinski definition) is 2. The van der Waals surface area contributed by atoms with Gasteiger partial charge in [0.05, 0.1) is 11.8 Å². The number of benzene rings is 1. The van der Waals surface area contributed by atoms with Crippen LogP contribution in [0.5, 0.6) is 0 Å². The first-order chi connectivity index (χ1) is 8.17. The summed E-state index contributed by atoms with van der Waals surface area (Å²) in [5.74, 6) is -0.123. The van der Waals surface area contributed by atoms with Gasteiger partial charge in [-0.05, 0) is 31.2 Å². The van der Waals surface area contributed by atoms with E-state index < -0.39 is 0 Å². The number of ketones is 1. The molecule has 0 saturated carbocycles. The van der Waals surface area contributed by atoms with E-state index in [2.05, 4.69) is 15.9 Å². The molecule has 0 fully saturated rings. The van der Waals surface area contributed by atoms with Crippen LogP contribution in [-0.4, -0.2) is 10.4 Å². The van der Waals surface area contributed by atoms with Gasteiger partial charge in [0.2, 0.25) is 0 Å². The first-order valence-corrected chi connectivity index (χ1v) is 6.15. The molecule has 0 saturated heterocycles. The summed E-state index contributed by atoms with van der Waals surface area (Å²) in [4.78, 5) is 11.8. The molecular formula is C13H11BrN2O. The highest BCUT2D eigenvalue weighted by Crippen LogP contribution is 2.24. The maximum atomic E-state index is 11.8. The Morgan fingerprint density at radius 1 is 1.47 bits per heavy atom. The number of carbonyl (C=O) groups is 1. The van der Waals surface area contributed by atoms with Crippen LogP contribution in [0.4, 0.5) is 0 Å². The summed E-state index contributed by atoms with van der Waals surface area (Å²) in [5, 5.41) is 9.61. The van der Waals surface area contributed by atoms with Crippen molar-refractivity contribution < 1.29 is 4.79 Å². The van der Waals surface area contributed by atoms with Gasteiger partial charge in [0, 0.05) is 21.9 Å². The van der Waals surface area contributed by atoms with Crippen molar-refractivity contribution in [1.29, 1.82) is 5.26 Å². The number of rotatable bonds is 3. The lowest BCUT2D eigenvalue weighted by atomic mass is 10.2. The molecule has 0 aliphatic heterocycles. The van der Waals surface area contributed by atoms with E-state index in [4.69, 9.17) is 5.26 Å². The largest absolute Gasteiger partial charge is 0.338 e. The molecule has 17 heavy (non-hydrogen) atoms. The van der Waals surface area contributed by atoms with E-state index in [1.807, 2.05) is 41.8 Å². The maximum Gasteiger partial charge on any atom is 0.193 e. The molecule has 0 bridgehead atoms. The van der Waals surface area contributed by atoms with Crippen molar-refractivity contribution in [2.75, 3.05) is 0 Å². The molecule has 0 aliphatic rings. The lowest BCUT2D eigenvalue weighted by Crippen LogP contribution is -2.07. The number of halogens is 1. The van der Waals surface area contributed by atoms with E-state index in [0.29, 0.717) is 5.69 Å². The second-order valence-electron chi connectivity index (χ2n) is 3.74. The van der Waals surface area contributed by atoms with Gasteiger partial charge in [-0.1, -0.05) is 15.9 Å². The van der Waals surface area contributed by atoms with Crippen LogP contribution in [0.2, 0.25) is 0 Å². The molecule has 2 rings (SSSR count). The standard InChI is InChI=1S/C13H11BrN2O/c1-2-16-11-4-3-10(14)7-9(11)8-12(16)13(17)5-6-15/h3-4,7-8H,2,5H2,1H3. The summed E-state index contributed by atoms with van der Waals surface area (Å²) in [6.07, 6.45) is -0.0719. The number of hydrogen-bond donors (Lipinski definition) is 0. The fraction of sp³-hybridized carbons (Fsp3) is 0.231. The first kappa shape index (κ1) is 11.9. The number of fused-ring (bicyclic) bond motifs is 1. The van der Waals surface area contributed by atoms with E-state index in [-0.39, 0.29) is 12.2 Å². The summed E-state index contributed by atoms with van der Waals surface area (Å²) in [6.45, 7) is 2.71. The van der Waals surface area contributed by atoms with Gasteiger partial charge in [-0.15, -0.1) is 0 Å². The zero-order valence-electron chi connectivity index (χ0n) is 9.40. The van der Waals surface area contributed by atoms with Gasteiger partial charge in [-0.2, -0.15) is 5.26 Å². The van der Waals surface area contributed by atoms with Crippen molar-refractivity contribution in [2.45, 2.75) is 19.9 Å². The Labute approximate surface area is 108 Å². The molecule has 1 aromatic heterocycles. The minimum absolute atomic E-state index is 0.0719. The molecule has 2 aromatic rings. The Morgan fingerprint density at radius 3 is 2.88 bits per heavy atom. The van der Waals surface area contributed by atoms with Crippen LogP contribution in [0.3, 0.4) is 0 Å². The van der Waals surface area contributed by atoms with E-state index >= 15 is 0 Å². The van der Waals surface area contributed by atoms with Crippen molar-refractivity contribution in [3.8, 4) is 6.07 Å². The third-order valence-electron chi connectivity index (χ3n) is 2.70. The Bertz CT molecular complexity index is 622. The molecule has 4 heteroatoms. The number of nitrogens with zero attached hydrogens (tertiary/aromatic N) is 2. The summed E-state index contributed by atoms with van der Waals surface area (Å²) in [7, 11) is 0. The lowest BCUT2D eigenvalue weighted by Gasteiger charge is -2.05. The number of aryl methyl sites for hydroxylation is 1. The monoisotopic (exact) mass is 290 g/mol. The van der Waals surface area contributed by atoms with Crippen LogP contribution in [0.1, 0.15) is 23.8 Å². The molecule has 3 nitrogen and oxygen atoms in total. The molecule has 1 heterocycles. The second kappa shape index (κ2) is 4.72. The molecule has 0 spiro atoms. The van der Waals surface area contributed by atoms with E-state index in [1.165, 1.54) is 0 Å². The van der Waals surface area contributed by atoms with Gasteiger partial charge >= 0.3 is 0 Å². The SMILES string of the molecule is CCn1c(C(=O)CC#N)cc2cc(Br)ccc21. The van der Waals surface area contributed by atoms with E-state index in [0.717, 1.165) is 21.9 Å². The Kier molecular flexibility index (Phi) is 3.30. The van der Waals surface area contributed by atoms with E-state index in [1.54, 1.807) is 0 Å². The summed E-state index contributed by atoms with van der Waals surface area (Å²) >= 11 is 3.41. The quantitative estimate of drug-likeness (QED) is 0.812. The van der Waals surface area contributed by atoms with Crippen molar-refractivity contribution in [3.05, 3.63) is 34.4 Å². The van der Waals surface area contributed by atoms with Gasteiger partial charge in [-0.3, -0.25) is 4.79 Å². The smallest absolute Gasteiger partial charge is 0.193 e. The number of aromatic nitrogens is 1. The maximum absolute atomic E-state index is 11.8. The average molecular weight is 291 g/mol. The van der Waals surface area contributed by atoms with Gasteiger partial charge in [0.25, 0.3) is 0 Å². The van der Waals surface area contributed by atoms with Crippen molar-refractivity contribution in [3.63, 3.8) is 0 Å². The van der Waals surface area contributed by atoms with Crippen LogP contribution in [0.25, 0.3) is 10.9 Å². The third-order valence-corrected chi connectivity index (χ3v) is 3.20. The molecule has 0 radical (unpaired) electrons. The minimum Gasteiger partial charge on any atom is -0.338 e. The number of nitriles is 1. The first-order valence-electron chi connectivity index (χ1n) is 5.36. The number of carbonyl (C=O) groups excluding carboxylic acids is 1. The topological polar surface area (TPSA) is 45.8 Å². The lowest BCUT2D eigenvalue weighted by molar-refractivity contribution is 0.0989. The molecule has 0 amide bonds. The molecule has 0 unspecified atom stereocenters. The molecule has 1 aromatic carbocycles. The Morgan fingerprint density at radius 2 is 2.24 bits per heavy atom. The van der Waals surface area contributed by atoms with Crippen LogP contribution >= 0.6 is 15.9 Å². The highest BCUT2D eigenvalue weighted by atomic mass is 79.9. The predicted molar refractivity (Wildman–Crippen MR) is 69.9 cm³/mol. The highest BCUT2D eigenvalue weighted by molar-refractivity contribution is 9.10. The van der Waals surface area contributed by atoms with Gasteiger partial charge in [-0.25, -0.2) is 0 Å². The van der Waals surface area contributed by atoms with Crippen LogP contribution < -0.4 is 0 Å². The molecule has 0 aliphatic carbocycles. The summed E-state index contributed by atoms with van der Waals surface area (Å²) < 4.78 is 2.93. The highest BCUT2D eigenvalue weighted by Gasteiger charge is 2.14. The fourth-order valence-corrected chi connectivity index (χ4v) is 2.35. The molecular weight excluding hydrogens is 280 g/mol. The van der Waals surface area contributed by atoms with Crippen LogP contribution in [0.15, 0.2) is 28.7 Å². The average Bonchev–Trinajstić information content (AvgIpc) is 2.66. The molecule has 0 atom stereocenters. The van der Waals surface area contributed by atoms with Crippen LogP contribution in [-0.2, 0) is 6.54 Å².